The second-order valence-electron chi connectivity index (χ2n) is 3.68. The smallest absolute Gasteiger partial charge is 0.281 e. The predicted molar refractivity (Wildman–Crippen MR) is 61.5 cm³/mol. The first kappa shape index (κ1) is 11.5. The van der Waals surface area contributed by atoms with E-state index in [2.05, 4.69) is 0 Å². The van der Waals surface area contributed by atoms with Crippen molar-refractivity contribution in [1.82, 2.24) is 0 Å². The van der Waals surface area contributed by atoms with Crippen LogP contribution < -0.4 is 4.90 Å². The molecule has 1 aliphatic rings. The van der Waals surface area contributed by atoms with Gasteiger partial charge in [-0.2, -0.15) is 0 Å². The number of benzene rings is 1. The standard InChI is InChI=1S/C11H12N2O4/c14-8-9-10(12-4-6-17-7-5-12)2-1-3-11(9)13(15)16/h1-3,8H,4-7H2. The highest BCUT2D eigenvalue weighted by Crippen LogP contribution is 2.28. The number of hydrogen-bond donors (Lipinski definition) is 0. The van der Waals surface area contributed by atoms with Crippen molar-refractivity contribution < 1.29 is 14.5 Å². The average molecular weight is 236 g/mol. The Morgan fingerprint density at radius 3 is 2.65 bits per heavy atom. The number of morpholine rings is 1. The first-order chi connectivity index (χ1) is 8.24. The van der Waals surface area contributed by atoms with Gasteiger partial charge in [0.05, 0.1) is 23.8 Å². The van der Waals surface area contributed by atoms with E-state index in [1.54, 1.807) is 12.1 Å². The number of carbonyl (C=O) groups is 1. The third-order valence-corrected chi connectivity index (χ3v) is 2.73. The van der Waals surface area contributed by atoms with Gasteiger partial charge in [-0.25, -0.2) is 0 Å². The molecule has 0 bridgehead atoms. The SMILES string of the molecule is O=Cc1c(N2CCOCC2)cccc1[N+](=O)[O-]. The van der Waals surface area contributed by atoms with Gasteiger partial charge in [-0.05, 0) is 6.07 Å². The van der Waals surface area contributed by atoms with Crippen molar-refractivity contribution in [1.29, 1.82) is 0 Å². The minimum absolute atomic E-state index is 0.138. The summed E-state index contributed by atoms with van der Waals surface area (Å²) in [5, 5.41) is 10.8. The van der Waals surface area contributed by atoms with Gasteiger partial charge in [-0.15, -0.1) is 0 Å². The van der Waals surface area contributed by atoms with Gasteiger partial charge in [0.2, 0.25) is 0 Å². The lowest BCUT2D eigenvalue weighted by atomic mass is 10.1. The van der Waals surface area contributed by atoms with E-state index < -0.39 is 4.92 Å². The third-order valence-electron chi connectivity index (χ3n) is 2.73. The molecular formula is C11H12N2O4. The molecule has 0 aromatic heterocycles. The highest BCUT2D eigenvalue weighted by Gasteiger charge is 2.21. The maximum atomic E-state index is 11.0. The summed E-state index contributed by atoms with van der Waals surface area (Å²) < 4.78 is 5.21. The topological polar surface area (TPSA) is 72.7 Å². The van der Waals surface area contributed by atoms with Gasteiger partial charge in [-0.3, -0.25) is 14.9 Å². The number of nitrogens with zero attached hydrogens (tertiary/aromatic N) is 2. The Kier molecular flexibility index (Phi) is 3.34. The van der Waals surface area contributed by atoms with Crippen molar-refractivity contribution in [2.45, 2.75) is 0 Å². The molecule has 0 N–H and O–H groups in total. The summed E-state index contributed by atoms with van der Waals surface area (Å²) in [6.07, 6.45) is 0.545. The molecule has 0 atom stereocenters. The maximum Gasteiger partial charge on any atom is 0.281 e. The lowest BCUT2D eigenvalue weighted by Gasteiger charge is -2.29. The zero-order chi connectivity index (χ0) is 12.3. The first-order valence-corrected chi connectivity index (χ1v) is 5.29. The molecule has 0 radical (unpaired) electrons. The highest BCUT2D eigenvalue weighted by molar-refractivity contribution is 5.90. The second kappa shape index (κ2) is 4.92. The minimum Gasteiger partial charge on any atom is -0.378 e. The molecule has 1 fully saturated rings. The van der Waals surface area contributed by atoms with Crippen molar-refractivity contribution in [2.75, 3.05) is 31.2 Å². The highest BCUT2D eigenvalue weighted by atomic mass is 16.6. The molecule has 0 saturated carbocycles. The molecule has 0 amide bonds. The van der Waals surface area contributed by atoms with Gasteiger partial charge < -0.3 is 9.64 Å². The molecule has 90 valence electrons. The van der Waals surface area contributed by atoms with Gasteiger partial charge >= 0.3 is 0 Å². The van der Waals surface area contributed by atoms with Crippen LogP contribution in [0, 0.1) is 10.1 Å². The molecule has 0 spiro atoms. The number of rotatable bonds is 3. The molecular weight excluding hydrogens is 224 g/mol. The van der Waals surface area contributed by atoms with E-state index >= 15 is 0 Å². The molecule has 6 heteroatoms. The second-order valence-corrected chi connectivity index (χ2v) is 3.68. The largest absolute Gasteiger partial charge is 0.378 e. The molecule has 1 heterocycles. The molecule has 17 heavy (non-hydrogen) atoms. The zero-order valence-corrected chi connectivity index (χ0v) is 9.17. The molecule has 1 aromatic carbocycles. The van der Waals surface area contributed by atoms with Crippen molar-refractivity contribution >= 4 is 17.7 Å². The van der Waals surface area contributed by atoms with Crippen LogP contribution in [0.3, 0.4) is 0 Å². The van der Waals surface area contributed by atoms with Crippen LogP contribution in [-0.2, 0) is 4.74 Å². The zero-order valence-electron chi connectivity index (χ0n) is 9.17. The predicted octanol–water partition coefficient (Wildman–Crippen LogP) is 1.24. The Morgan fingerprint density at radius 2 is 2.06 bits per heavy atom. The molecule has 0 unspecified atom stereocenters. The molecule has 1 aliphatic heterocycles. The summed E-state index contributed by atoms with van der Waals surface area (Å²) in [6.45, 7) is 2.42. The van der Waals surface area contributed by atoms with Crippen LogP contribution in [0.2, 0.25) is 0 Å². The van der Waals surface area contributed by atoms with Crippen LogP contribution in [-0.4, -0.2) is 37.5 Å². The number of hydrogen-bond acceptors (Lipinski definition) is 5. The summed E-state index contributed by atoms with van der Waals surface area (Å²) in [5.74, 6) is 0. The van der Waals surface area contributed by atoms with Crippen LogP contribution in [0.4, 0.5) is 11.4 Å². The molecule has 1 saturated heterocycles. The Morgan fingerprint density at radius 1 is 1.35 bits per heavy atom. The fourth-order valence-corrected chi connectivity index (χ4v) is 1.90. The summed E-state index contributed by atoms with van der Waals surface area (Å²) in [7, 11) is 0. The Balaban J connectivity index is 2.41. The number of ether oxygens (including phenoxy) is 1. The van der Waals surface area contributed by atoms with Crippen molar-refractivity contribution in [2.24, 2.45) is 0 Å². The number of anilines is 1. The fourth-order valence-electron chi connectivity index (χ4n) is 1.90. The molecule has 6 nitrogen and oxygen atoms in total. The molecule has 0 aliphatic carbocycles. The van der Waals surface area contributed by atoms with E-state index in [1.165, 1.54) is 6.07 Å². The number of nitro groups is 1. The maximum absolute atomic E-state index is 11.0. The number of carbonyl (C=O) groups excluding carboxylic acids is 1. The van der Waals surface area contributed by atoms with Crippen molar-refractivity contribution in [3.8, 4) is 0 Å². The number of nitro benzene ring substituents is 1. The van der Waals surface area contributed by atoms with Gasteiger partial charge in [-0.1, -0.05) is 6.07 Å². The van der Waals surface area contributed by atoms with E-state index in [-0.39, 0.29) is 11.3 Å². The van der Waals surface area contributed by atoms with Crippen LogP contribution in [0.5, 0.6) is 0 Å². The summed E-state index contributed by atoms with van der Waals surface area (Å²) in [4.78, 5) is 23.2. The van der Waals surface area contributed by atoms with Gasteiger partial charge in [0.25, 0.3) is 5.69 Å². The van der Waals surface area contributed by atoms with Crippen LogP contribution in [0.1, 0.15) is 10.4 Å². The van der Waals surface area contributed by atoms with E-state index in [0.717, 1.165) is 0 Å². The quantitative estimate of drug-likeness (QED) is 0.448. The third kappa shape index (κ3) is 2.26. The lowest BCUT2D eigenvalue weighted by Crippen LogP contribution is -2.36. The first-order valence-electron chi connectivity index (χ1n) is 5.29. The normalized spacial score (nSPS) is 15.6. The lowest BCUT2D eigenvalue weighted by molar-refractivity contribution is -0.385. The van der Waals surface area contributed by atoms with E-state index in [9.17, 15) is 14.9 Å². The Bertz CT molecular complexity index is 441. The van der Waals surface area contributed by atoms with Gasteiger partial charge in [0.15, 0.2) is 6.29 Å². The Hall–Kier alpha value is -1.95. The van der Waals surface area contributed by atoms with Crippen molar-refractivity contribution in [3.63, 3.8) is 0 Å². The summed E-state index contributed by atoms with van der Waals surface area (Å²) in [5.41, 5.74) is 0.598. The van der Waals surface area contributed by atoms with Crippen molar-refractivity contribution in [3.05, 3.63) is 33.9 Å². The Labute approximate surface area is 97.9 Å². The monoisotopic (exact) mass is 236 g/mol. The number of aldehydes is 1. The van der Waals surface area contributed by atoms with Gasteiger partial charge in [0.1, 0.15) is 5.56 Å². The van der Waals surface area contributed by atoms with E-state index in [0.29, 0.717) is 38.3 Å². The summed E-state index contributed by atoms with van der Waals surface area (Å²) >= 11 is 0. The van der Waals surface area contributed by atoms with Crippen LogP contribution in [0.25, 0.3) is 0 Å². The minimum atomic E-state index is -0.534. The fraction of sp³-hybridized carbons (Fsp3) is 0.364. The van der Waals surface area contributed by atoms with E-state index in [4.69, 9.17) is 4.74 Å². The molecule has 2 rings (SSSR count). The van der Waals surface area contributed by atoms with Gasteiger partial charge in [0, 0.05) is 19.2 Å². The molecule has 1 aromatic rings. The summed E-state index contributed by atoms with van der Waals surface area (Å²) in [6, 6.07) is 4.66. The van der Waals surface area contributed by atoms with Crippen LogP contribution >= 0.6 is 0 Å². The van der Waals surface area contributed by atoms with Crippen LogP contribution in [0.15, 0.2) is 18.2 Å². The van der Waals surface area contributed by atoms with E-state index in [1.807, 2.05) is 4.90 Å². The average Bonchev–Trinajstić information content (AvgIpc) is 2.38.